The van der Waals surface area contributed by atoms with Gasteiger partial charge in [0.05, 0.1) is 18.0 Å². The van der Waals surface area contributed by atoms with Crippen molar-refractivity contribution in [1.29, 1.82) is 0 Å². The maximum atomic E-state index is 5.97. The fraction of sp³-hybridized carbons (Fsp3) is 0.545. The molecule has 1 aliphatic carbocycles. The van der Waals surface area contributed by atoms with E-state index in [0.29, 0.717) is 6.10 Å². The highest BCUT2D eigenvalue weighted by molar-refractivity contribution is 5.79. The van der Waals surface area contributed by atoms with Gasteiger partial charge in [-0.05, 0) is 43.4 Å². The Morgan fingerprint density at radius 1 is 1.14 bits per heavy atom. The summed E-state index contributed by atoms with van der Waals surface area (Å²) in [6.45, 7) is 2.52. The molecule has 2 aromatic rings. The Morgan fingerprint density at radius 3 is 2.71 bits per heavy atom. The van der Waals surface area contributed by atoms with E-state index in [4.69, 9.17) is 4.74 Å². The summed E-state index contributed by atoms with van der Waals surface area (Å²) >= 11 is 0. The molecular weight excluding hydrogens is 350 g/mol. The third-order valence-electron chi connectivity index (χ3n) is 5.11. The Balaban J connectivity index is 1.29. The van der Waals surface area contributed by atoms with Gasteiger partial charge in [-0.2, -0.15) is 5.10 Å². The van der Waals surface area contributed by atoms with Gasteiger partial charge in [-0.15, -0.1) is 0 Å². The van der Waals surface area contributed by atoms with Crippen LogP contribution in [0, 0.1) is 0 Å². The average Bonchev–Trinajstić information content (AvgIpc) is 3.22. The van der Waals surface area contributed by atoms with Crippen LogP contribution in [-0.2, 0) is 11.2 Å². The van der Waals surface area contributed by atoms with Gasteiger partial charge >= 0.3 is 0 Å². The number of guanidine groups is 1. The SMILES string of the molecule is CN=C(NCCCOC1CCCCC1)NCCc1cnn(-c2ccccc2)c1. The van der Waals surface area contributed by atoms with Crippen LogP contribution in [0.15, 0.2) is 47.7 Å². The summed E-state index contributed by atoms with van der Waals surface area (Å²) in [5.74, 6) is 0.841. The predicted octanol–water partition coefficient (Wildman–Crippen LogP) is 3.32. The second kappa shape index (κ2) is 11.5. The largest absolute Gasteiger partial charge is 0.378 e. The van der Waals surface area contributed by atoms with E-state index in [2.05, 4.69) is 39.1 Å². The van der Waals surface area contributed by atoms with E-state index in [1.165, 1.54) is 37.7 Å². The number of benzene rings is 1. The Hall–Kier alpha value is -2.34. The van der Waals surface area contributed by atoms with E-state index in [1.54, 1.807) is 7.05 Å². The van der Waals surface area contributed by atoms with Crippen molar-refractivity contribution in [3.8, 4) is 5.69 Å². The van der Waals surface area contributed by atoms with E-state index in [-0.39, 0.29) is 0 Å². The minimum atomic E-state index is 0.489. The van der Waals surface area contributed by atoms with Crippen LogP contribution in [-0.4, -0.2) is 48.6 Å². The Kier molecular flexibility index (Phi) is 8.37. The monoisotopic (exact) mass is 383 g/mol. The molecular formula is C22H33N5O. The number of nitrogens with zero attached hydrogens (tertiary/aromatic N) is 3. The van der Waals surface area contributed by atoms with Crippen LogP contribution in [0.4, 0.5) is 0 Å². The minimum Gasteiger partial charge on any atom is -0.378 e. The van der Waals surface area contributed by atoms with Crippen LogP contribution >= 0.6 is 0 Å². The van der Waals surface area contributed by atoms with Gasteiger partial charge in [0.15, 0.2) is 5.96 Å². The zero-order valence-corrected chi connectivity index (χ0v) is 16.9. The van der Waals surface area contributed by atoms with Crippen LogP contribution in [0.1, 0.15) is 44.1 Å². The molecule has 6 nitrogen and oxygen atoms in total. The van der Waals surface area contributed by atoms with Gasteiger partial charge in [0, 0.05) is 32.9 Å². The van der Waals surface area contributed by atoms with Crippen LogP contribution in [0.2, 0.25) is 0 Å². The van der Waals surface area contributed by atoms with Crippen molar-refractivity contribution in [3.63, 3.8) is 0 Å². The fourth-order valence-corrected chi connectivity index (χ4v) is 3.52. The lowest BCUT2D eigenvalue weighted by Gasteiger charge is -2.22. The van der Waals surface area contributed by atoms with Crippen molar-refractivity contribution in [2.24, 2.45) is 4.99 Å². The molecule has 1 aromatic heterocycles. The van der Waals surface area contributed by atoms with E-state index >= 15 is 0 Å². The molecule has 6 heteroatoms. The number of aromatic nitrogens is 2. The zero-order valence-electron chi connectivity index (χ0n) is 16.9. The van der Waals surface area contributed by atoms with Gasteiger partial charge < -0.3 is 15.4 Å². The molecule has 2 N–H and O–H groups in total. The number of aliphatic imine (C=N–C) groups is 1. The number of para-hydroxylation sites is 1. The molecule has 0 atom stereocenters. The molecule has 1 saturated carbocycles. The van der Waals surface area contributed by atoms with E-state index < -0.39 is 0 Å². The molecule has 152 valence electrons. The molecule has 1 aliphatic rings. The quantitative estimate of drug-likeness (QED) is 0.396. The van der Waals surface area contributed by atoms with Gasteiger partial charge in [-0.1, -0.05) is 37.5 Å². The van der Waals surface area contributed by atoms with E-state index in [9.17, 15) is 0 Å². The zero-order chi connectivity index (χ0) is 19.4. The number of rotatable bonds is 9. The standard InChI is InChI=1S/C22H33N5O/c1-23-22(24-14-8-16-28-21-11-6-3-7-12-21)25-15-13-19-17-26-27(18-19)20-9-4-2-5-10-20/h2,4-5,9-10,17-18,21H,3,6-8,11-16H2,1H3,(H2,23,24,25). The topological polar surface area (TPSA) is 63.5 Å². The highest BCUT2D eigenvalue weighted by atomic mass is 16.5. The first-order valence-corrected chi connectivity index (χ1v) is 10.5. The summed E-state index contributed by atoms with van der Waals surface area (Å²) in [6.07, 6.45) is 12.9. The number of hydrogen-bond acceptors (Lipinski definition) is 3. The van der Waals surface area contributed by atoms with Crippen LogP contribution in [0.5, 0.6) is 0 Å². The Bertz CT molecular complexity index is 707. The number of nitrogens with one attached hydrogen (secondary N) is 2. The van der Waals surface area contributed by atoms with Gasteiger partial charge in [-0.25, -0.2) is 4.68 Å². The molecule has 1 heterocycles. The molecule has 28 heavy (non-hydrogen) atoms. The molecule has 0 spiro atoms. The summed E-state index contributed by atoms with van der Waals surface area (Å²) < 4.78 is 7.88. The second-order valence-electron chi connectivity index (χ2n) is 7.29. The highest BCUT2D eigenvalue weighted by Crippen LogP contribution is 2.20. The summed E-state index contributed by atoms with van der Waals surface area (Å²) in [5, 5.41) is 11.2. The average molecular weight is 384 g/mol. The molecule has 0 bridgehead atoms. The lowest BCUT2D eigenvalue weighted by atomic mass is 9.98. The van der Waals surface area contributed by atoms with Crippen molar-refractivity contribution in [2.75, 3.05) is 26.7 Å². The summed E-state index contributed by atoms with van der Waals surface area (Å²) in [5.41, 5.74) is 2.28. The molecule has 1 fully saturated rings. The van der Waals surface area contributed by atoms with Crippen molar-refractivity contribution in [1.82, 2.24) is 20.4 Å². The Labute approximate surface area is 168 Å². The number of ether oxygens (including phenoxy) is 1. The van der Waals surface area contributed by atoms with Crippen LogP contribution < -0.4 is 10.6 Å². The molecule has 0 aliphatic heterocycles. The first kappa shape index (κ1) is 20.4. The van der Waals surface area contributed by atoms with Crippen molar-refractivity contribution in [2.45, 2.75) is 51.0 Å². The third kappa shape index (κ3) is 6.68. The Morgan fingerprint density at radius 2 is 1.93 bits per heavy atom. The summed E-state index contributed by atoms with van der Waals surface area (Å²) in [6, 6.07) is 10.2. The van der Waals surface area contributed by atoms with E-state index in [0.717, 1.165) is 44.2 Å². The normalized spacial score (nSPS) is 15.5. The fourth-order valence-electron chi connectivity index (χ4n) is 3.52. The molecule has 0 saturated heterocycles. The minimum absolute atomic E-state index is 0.489. The highest BCUT2D eigenvalue weighted by Gasteiger charge is 2.12. The smallest absolute Gasteiger partial charge is 0.190 e. The number of hydrogen-bond donors (Lipinski definition) is 2. The van der Waals surface area contributed by atoms with Gasteiger partial charge in [-0.3, -0.25) is 4.99 Å². The van der Waals surface area contributed by atoms with Crippen LogP contribution in [0.3, 0.4) is 0 Å². The summed E-state index contributed by atoms with van der Waals surface area (Å²) in [7, 11) is 1.81. The molecule has 1 aromatic carbocycles. The van der Waals surface area contributed by atoms with Gasteiger partial charge in [0.1, 0.15) is 0 Å². The third-order valence-corrected chi connectivity index (χ3v) is 5.11. The summed E-state index contributed by atoms with van der Waals surface area (Å²) in [4.78, 5) is 4.29. The molecule has 0 radical (unpaired) electrons. The first-order valence-electron chi connectivity index (χ1n) is 10.5. The van der Waals surface area contributed by atoms with Gasteiger partial charge in [0.2, 0.25) is 0 Å². The van der Waals surface area contributed by atoms with Gasteiger partial charge in [0.25, 0.3) is 0 Å². The maximum Gasteiger partial charge on any atom is 0.190 e. The first-order chi connectivity index (χ1) is 13.8. The second-order valence-corrected chi connectivity index (χ2v) is 7.29. The lowest BCUT2D eigenvalue weighted by Crippen LogP contribution is -2.39. The predicted molar refractivity (Wildman–Crippen MR) is 114 cm³/mol. The van der Waals surface area contributed by atoms with E-state index in [1.807, 2.05) is 29.1 Å². The van der Waals surface area contributed by atoms with Crippen molar-refractivity contribution >= 4 is 5.96 Å². The maximum absolute atomic E-state index is 5.97. The molecule has 0 amide bonds. The molecule has 0 unspecified atom stereocenters. The van der Waals surface area contributed by atoms with Crippen LogP contribution in [0.25, 0.3) is 5.69 Å². The van der Waals surface area contributed by atoms with Crippen molar-refractivity contribution in [3.05, 3.63) is 48.3 Å². The lowest BCUT2D eigenvalue weighted by molar-refractivity contribution is 0.0277. The molecule has 3 rings (SSSR count). The van der Waals surface area contributed by atoms with Crippen molar-refractivity contribution < 1.29 is 4.74 Å².